The van der Waals surface area contributed by atoms with Gasteiger partial charge in [-0.15, -0.1) is 0 Å². The molecule has 4 aliphatic rings. The average Bonchev–Trinajstić information content (AvgIpc) is 3.30. The number of anilines is 2. The minimum absolute atomic E-state index is 0.252. The standard InChI is InChI=1S/C31H32ClN3O6/c1-3-40-23-13-11-22(12-14-23)33-16-4-6-24-25(28(33)37)26-29(38)35(19(2)18-36)27-30(39)34(17-5-15-31(26,27)41-24)21-9-7-20(32)8-10-21/h4-15,19,24-27,36H,3,16-18H2,1-2H3/t19-,24+,25-,26+,27?,31+/m1/s1. The van der Waals surface area contributed by atoms with E-state index in [9.17, 15) is 19.5 Å². The third-order valence-corrected chi connectivity index (χ3v) is 8.69. The molecule has 6 atom stereocenters. The molecule has 0 saturated carbocycles. The van der Waals surface area contributed by atoms with E-state index in [-0.39, 0.29) is 30.9 Å². The Morgan fingerprint density at radius 1 is 0.976 bits per heavy atom. The molecule has 6 rings (SSSR count). The van der Waals surface area contributed by atoms with Gasteiger partial charge in [-0.2, -0.15) is 0 Å². The van der Waals surface area contributed by atoms with Crippen molar-refractivity contribution in [3.05, 3.63) is 77.9 Å². The summed E-state index contributed by atoms with van der Waals surface area (Å²) in [6, 6.07) is 12.4. The quantitative estimate of drug-likeness (QED) is 0.530. The molecular weight excluding hydrogens is 546 g/mol. The molecule has 1 unspecified atom stereocenters. The summed E-state index contributed by atoms with van der Waals surface area (Å²) < 4.78 is 12.2. The van der Waals surface area contributed by atoms with Gasteiger partial charge in [0, 0.05) is 29.5 Å². The molecule has 1 spiro atoms. The molecule has 0 radical (unpaired) electrons. The van der Waals surface area contributed by atoms with Crippen LogP contribution in [0.4, 0.5) is 11.4 Å². The third-order valence-electron chi connectivity index (χ3n) is 8.43. The molecule has 2 saturated heterocycles. The molecule has 214 valence electrons. The number of halogens is 1. The summed E-state index contributed by atoms with van der Waals surface area (Å²) in [4.78, 5) is 47.5. The van der Waals surface area contributed by atoms with Crippen LogP contribution in [0.2, 0.25) is 5.02 Å². The maximum atomic E-state index is 14.3. The van der Waals surface area contributed by atoms with E-state index < -0.39 is 35.6 Å². The Balaban J connectivity index is 1.41. The smallest absolute Gasteiger partial charge is 0.253 e. The van der Waals surface area contributed by atoms with Crippen molar-refractivity contribution in [3.63, 3.8) is 0 Å². The molecule has 2 aromatic carbocycles. The van der Waals surface area contributed by atoms with Crippen molar-refractivity contribution in [3.8, 4) is 5.75 Å². The van der Waals surface area contributed by atoms with Crippen LogP contribution >= 0.6 is 11.6 Å². The second-order valence-electron chi connectivity index (χ2n) is 10.8. The second-order valence-corrected chi connectivity index (χ2v) is 11.2. The number of aliphatic hydroxyl groups is 1. The molecule has 4 heterocycles. The number of carbonyl (C=O) groups is 3. The van der Waals surface area contributed by atoms with Crippen molar-refractivity contribution in [2.24, 2.45) is 11.8 Å². The first-order valence-corrected chi connectivity index (χ1v) is 14.2. The first-order chi connectivity index (χ1) is 19.8. The van der Waals surface area contributed by atoms with Gasteiger partial charge in [-0.05, 0) is 62.4 Å². The van der Waals surface area contributed by atoms with Crippen molar-refractivity contribution in [1.82, 2.24) is 4.90 Å². The Morgan fingerprint density at radius 3 is 2.27 bits per heavy atom. The fourth-order valence-electron chi connectivity index (χ4n) is 6.61. The minimum atomic E-state index is -1.38. The lowest BCUT2D eigenvalue weighted by Gasteiger charge is -2.37. The van der Waals surface area contributed by atoms with Crippen molar-refractivity contribution >= 4 is 40.7 Å². The number of ether oxygens (including phenoxy) is 2. The summed E-state index contributed by atoms with van der Waals surface area (Å²) in [5.74, 6) is -2.08. The van der Waals surface area contributed by atoms with Gasteiger partial charge < -0.3 is 29.3 Å². The fraction of sp³-hybridized carbons (Fsp3) is 0.387. The SMILES string of the molecule is CCOc1ccc(N2CC=C[C@@H]3O[C@]45C=CCN(c6ccc(Cl)cc6)C(=O)C4N([C@H](C)CO)C(=O)[C@@H]5[C@@H]3C2=O)cc1. The highest BCUT2D eigenvalue weighted by molar-refractivity contribution is 6.30. The average molecular weight is 578 g/mol. The fourth-order valence-corrected chi connectivity index (χ4v) is 6.74. The molecule has 1 N–H and O–H groups in total. The van der Waals surface area contributed by atoms with Crippen LogP contribution in [0.25, 0.3) is 0 Å². The molecule has 2 aromatic rings. The summed E-state index contributed by atoms with van der Waals surface area (Å²) >= 11 is 6.09. The van der Waals surface area contributed by atoms with Gasteiger partial charge in [0.05, 0.1) is 37.2 Å². The van der Waals surface area contributed by atoms with Crippen LogP contribution in [-0.2, 0) is 19.1 Å². The van der Waals surface area contributed by atoms with Crippen molar-refractivity contribution in [2.45, 2.75) is 37.6 Å². The molecule has 41 heavy (non-hydrogen) atoms. The molecule has 0 aromatic heterocycles. The van der Waals surface area contributed by atoms with Gasteiger partial charge in [0.15, 0.2) is 0 Å². The summed E-state index contributed by atoms with van der Waals surface area (Å²) in [6.45, 7) is 4.35. The Bertz CT molecular complexity index is 1410. The number of hydrogen-bond donors (Lipinski definition) is 1. The number of fused-ring (bicyclic) bond motifs is 2. The Kier molecular flexibility index (Phi) is 7.13. The highest BCUT2D eigenvalue weighted by Gasteiger charge is 2.72. The minimum Gasteiger partial charge on any atom is -0.494 e. The first-order valence-electron chi connectivity index (χ1n) is 13.9. The van der Waals surface area contributed by atoms with Gasteiger partial charge in [0.1, 0.15) is 17.4 Å². The van der Waals surface area contributed by atoms with Crippen LogP contribution in [0.1, 0.15) is 13.8 Å². The van der Waals surface area contributed by atoms with Crippen molar-refractivity contribution in [1.29, 1.82) is 0 Å². The molecule has 0 aliphatic carbocycles. The Morgan fingerprint density at radius 2 is 1.61 bits per heavy atom. The van der Waals surface area contributed by atoms with Crippen LogP contribution in [0, 0.1) is 11.8 Å². The lowest BCUT2D eigenvalue weighted by Crippen LogP contribution is -2.57. The van der Waals surface area contributed by atoms with Crippen LogP contribution < -0.4 is 14.5 Å². The van der Waals surface area contributed by atoms with Crippen LogP contribution in [-0.4, -0.2) is 77.8 Å². The van der Waals surface area contributed by atoms with Gasteiger partial charge >= 0.3 is 0 Å². The first kappa shape index (κ1) is 27.5. The molecule has 3 amide bonds. The van der Waals surface area contributed by atoms with Crippen LogP contribution in [0.3, 0.4) is 0 Å². The largest absolute Gasteiger partial charge is 0.494 e. The maximum Gasteiger partial charge on any atom is 0.253 e. The summed E-state index contributed by atoms with van der Waals surface area (Å²) in [7, 11) is 0. The molecular formula is C31H32ClN3O6. The number of amides is 3. The summed E-state index contributed by atoms with van der Waals surface area (Å²) in [5.41, 5.74) is -0.0808. The van der Waals surface area contributed by atoms with E-state index in [0.29, 0.717) is 35.3 Å². The number of benzene rings is 2. The van der Waals surface area contributed by atoms with E-state index in [0.717, 1.165) is 0 Å². The van der Waals surface area contributed by atoms with E-state index in [2.05, 4.69) is 0 Å². The highest BCUT2D eigenvalue weighted by Crippen LogP contribution is 2.54. The number of aliphatic hydroxyl groups excluding tert-OH is 1. The molecule has 4 aliphatic heterocycles. The van der Waals surface area contributed by atoms with E-state index in [1.807, 2.05) is 49.4 Å². The molecule has 2 fully saturated rings. The molecule has 9 nitrogen and oxygen atoms in total. The van der Waals surface area contributed by atoms with E-state index in [4.69, 9.17) is 21.1 Å². The number of nitrogens with zero attached hydrogens (tertiary/aromatic N) is 3. The zero-order chi connectivity index (χ0) is 28.9. The maximum absolute atomic E-state index is 14.3. The molecule has 0 bridgehead atoms. The lowest BCUT2D eigenvalue weighted by atomic mass is 9.77. The van der Waals surface area contributed by atoms with E-state index >= 15 is 0 Å². The van der Waals surface area contributed by atoms with Gasteiger partial charge in [0.2, 0.25) is 11.8 Å². The Hall–Kier alpha value is -3.66. The van der Waals surface area contributed by atoms with Crippen molar-refractivity contribution < 1.29 is 29.0 Å². The van der Waals surface area contributed by atoms with Gasteiger partial charge in [0.25, 0.3) is 5.91 Å². The third kappa shape index (κ3) is 4.34. The number of likely N-dealkylation sites (tertiary alicyclic amines) is 1. The number of hydrogen-bond acceptors (Lipinski definition) is 6. The van der Waals surface area contributed by atoms with Crippen LogP contribution in [0.5, 0.6) is 5.75 Å². The zero-order valence-electron chi connectivity index (χ0n) is 22.9. The highest BCUT2D eigenvalue weighted by atomic mass is 35.5. The topological polar surface area (TPSA) is 99.6 Å². The second kappa shape index (κ2) is 10.6. The summed E-state index contributed by atoms with van der Waals surface area (Å²) in [5, 5.41) is 10.7. The van der Waals surface area contributed by atoms with Gasteiger partial charge in [-0.1, -0.05) is 35.9 Å². The Labute approximate surface area is 243 Å². The van der Waals surface area contributed by atoms with Crippen molar-refractivity contribution in [2.75, 3.05) is 36.1 Å². The van der Waals surface area contributed by atoms with Gasteiger partial charge in [-0.25, -0.2) is 0 Å². The normalized spacial score (nSPS) is 29.7. The molecule has 10 heteroatoms. The number of rotatable bonds is 6. The van der Waals surface area contributed by atoms with E-state index in [1.165, 1.54) is 4.90 Å². The number of carbonyl (C=O) groups excluding carboxylic acids is 3. The van der Waals surface area contributed by atoms with Crippen LogP contribution in [0.15, 0.2) is 72.8 Å². The summed E-state index contributed by atoms with van der Waals surface area (Å²) in [6.07, 6.45) is 6.61. The zero-order valence-corrected chi connectivity index (χ0v) is 23.6. The predicted molar refractivity (Wildman–Crippen MR) is 154 cm³/mol. The lowest BCUT2D eigenvalue weighted by molar-refractivity contribution is -0.143. The van der Waals surface area contributed by atoms with E-state index in [1.54, 1.807) is 47.1 Å². The van der Waals surface area contributed by atoms with Gasteiger partial charge in [-0.3, -0.25) is 14.4 Å². The monoisotopic (exact) mass is 577 g/mol. The predicted octanol–water partition coefficient (Wildman–Crippen LogP) is 3.21.